The van der Waals surface area contributed by atoms with E-state index < -0.39 is 0 Å². The van der Waals surface area contributed by atoms with Gasteiger partial charge >= 0.3 is 0 Å². The molecule has 1 saturated carbocycles. The van der Waals surface area contributed by atoms with Crippen molar-refractivity contribution >= 4 is 0 Å². The van der Waals surface area contributed by atoms with Gasteiger partial charge in [0.25, 0.3) is 0 Å². The van der Waals surface area contributed by atoms with Crippen molar-refractivity contribution in [2.45, 2.75) is 37.8 Å². The Morgan fingerprint density at radius 1 is 1.22 bits per heavy atom. The van der Waals surface area contributed by atoms with E-state index in [4.69, 9.17) is 14.2 Å². The third-order valence-corrected chi connectivity index (χ3v) is 5.48. The summed E-state index contributed by atoms with van der Waals surface area (Å²) < 4.78 is 16.3. The molecular weight excluding hydrogens is 230 g/mol. The second-order valence-electron chi connectivity index (χ2n) is 6.07. The van der Waals surface area contributed by atoms with Crippen molar-refractivity contribution in [1.82, 2.24) is 4.90 Å². The molecule has 0 amide bonds. The predicted molar refractivity (Wildman–Crippen MR) is 68.4 cm³/mol. The van der Waals surface area contributed by atoms with Gasteiger partial charge in [-0.1, -0.05) is 0 Å². The first-order chi connectivity index (χ1) is 8.76. The Bertz CT molecular complexity index is 299. The Morgan fingerprint density at radius 2 is 2.11 bits per heavy atom. The molecule has 4 heteroatoms. The quantitative estimate of drug-likeness (QED) is 0.531. The molecule has 104 valence electrons. The highest BCUT2D eigenvalue weighted by Crippen LogP contribution is 2.55. The molecule has 0 aromatic rings. The van der Waals surface area contributed by atoms with E-state index in [1.807, 2.05) is 0 Å². The van der Waals surface area contributed by atoms with Crippen LogP contribution in [0.25, 0.3) is 0 Å². The maximum Gasteiger partial charge on any atom is 0.147 e. The van der Waals surface area contributed by atoms with Crippen LogP contribution in [0, 0.1) is 11.8 Å². The molecule has 18 heavy (non-hydrogen) atoms. The molecule has 0 unspecified atom stereocenters. The van der Waals surface area contributed by atoms with E-state index in [1.54, 1.807) is 7.11 Å². The fourth-order valence-electron chi connectivity index (χ4n) is 4.45. The lowest BCUT2D eigenvalue weighted by molar-refractivity contribution is -0.105. The Morgan fingerprint density at radius 3 is 2.94 bits per heavy atom. The molecule has 1 aliphatic carbocycles. The van der Waals surface area contributed by atoms with Gasteiger partial charge in [-0.3, -0.25) is 4.90 Å². The predicted octanol–water partition coefficient (Wildman–Crippen LogP) is 1.50. The number of ether oxygens (including phenoxy) is 3. The Labute approximate surface area is 110 Å². The first-order valence-corrected chi connectivity index (χ1v) is 7.20. The molecule has 3 fully saturated rings. The van der Waals surface area contributed by atoms with Gasteiger partial charge < -0.3 is 14.2 Å². The molecule has 2 aliphatic heterocycles. The minimum atomic E-state index is 0.378. The fourth-order valence-corrected chi connectivity index (χ4v) is 4.45. The van der Waals surface area contributed by atoms with Gasteiger partial charge in [0.05, 0.1) is 19.3 Å². The molecule has 4 atom stereocenters. The van der Waals surface area contributed by atoms with Crippen LogP contribution in [0.5, 0.6) is 0 Å². The van der Waals surface area contributed by atoms with E-state index in [1.165, 1.54) is 25.8 Å². The summed E-state index contributed by atoms with van der Waals surface area (Å²) in [6.07, 6.45) is 4.50. The summed E-state index contributed by atoms with van der Waals surface area (Å²) in [5, 5.41) is 0. The van der Waals surface area contributed by atoms with Crippen molar-refractivity contribution < 1.29 is 14.2 Å². The molecule has 0 spiro atoms. The Kier molecular flexibility index (Phi) is 3.63. The average Bonchev–Trinajstić information content (AvgIpc) is 2.94. The van der Waals surface area contributed by atoms with Gasteiger partial charge in [-0.2, -0.15) is 0 Å². The van der Waals surface area contributed by atoms with Gasteiger partial charge in [-0.05, 0) is 38.6 Å². The molecule has 2 saturated heterocycles. The van der Waals surface area contributed by atoms with E-state index in [0.717, 1.165) is 18.4 Å². The third-order valence-electron chi connectivity index (χ3n) is 5.48. The molecule has 0 bridgehead atoms. The van der Waals surface area contributed by atoms with Crippen LogP contribution in [-0.2, 0) is 14.2 Å². The first-order valence-electron chi connectivity index (χ1n) is 7.20. The van der Waals surface area contributed by atoms with Crippen molar-refractivity contribution in [3.05, 3.63) is 0 Å². The summed E-state index contributed by atoms with van der Waals surface area (Å²) in [5.41, 5.74) is 0.428. The van der Waals surface area contributed by atoms with Crippen molar-refractivity contribution in [3.8, 4) is 0 Å². The zero-order valence-corrected chi connectivity index (χ0v) is 11.6. The Balaban J connectivity index is 1.51. The highest BCUT2D eigenvalue weighted by atomic mass is 16.7. The molecule has 0 radical (unpaired) electrons. The molecule has 3 rings (SSSR count). The molecule has 4 nitrogen and oxygen atoms in total. The average molecular weight is 255 g/mol. The van der Waals surface area contributed by atoms with Crippen LogP contribution >= 0.6 is 0 Å². The number of nitrogens with zero attached hydrogens (tertiary/aromatic N) is 1. The Hall–Kier alpha value is -0.160. The molecule has 2 heterocycles. The largest absolute Gasteiger partial charge is 0.382 e. The second kappa shape index (κ2) is 5.08. The zero-order chi connectivity index (χ0) is 12.6. The van der Waals surface area contributed by atoms with Crippen molar-refractivity contribution in [3.63, 3.8) is 0 Å². The number of rotatable bonds is 6. The maximum absolute atomic E-state index is 5.96. The normalized spacial score (nSPS) is 42.7. The summed E-state index contributed by atoms with van der Waals surface area (Å²) in [7, 11) is 1.69. The van der Waals surface area contributed by atoms with Crippen LogP contribution in [-0.4, -0.2) is 56.7 Å². The lowest BCUT2D eigenvalue weighted by Gasteiger charge is -2.32. The van der Waals surface area contributed by atoms with E-state index >= 15 is 0 Å². The molecule has 0 N–H and O–H groups in total. The summed E-state index contributed by atoms with van der Waals surface area (Å²) in [6.45, 7) is 6.50. The topological polar surface area (TPSA) is 30.9 Å². The second-order valence-corrected chi connectivity index (χ2v) is 6.07. The van der Waals surface area contributed by atoms with Crippen LogP contribution in [0.1, 0.15) is 26.2 Å². The first kappa shape index (κ1) is 12.9. The van der Waals surface area contributed by atoms with Gasteiger partial charge in [0.15, 0.2) is 0 Å². The highest BCUT2D eigenvalue weighted by Gasteiger charge is 2.61. The minimum Gasteiger partial charge on any atom is -0.382 e. The van der Waals surface area contributed by atoms with Crippen LogP contribution < -0.4 is 0 Å². The fraction of sp³-hybridized carbons (Fsp3) is 1.00. The smallest absolute Gasteiger partial charge is 0.147 e. The SMILES string of the molecule is COCCOCO[C@H]1CN2CC[C@@H]3CC[C@H]1[C@@]32C. The molecule has 0 aromatic heterocycles. The van der Waals surface area contributed by atoms with Gasteiger partial charge in [0, 0.05) is 25.1 Å². The van der Waals surface area contributed by atoms with Crippen LogP contribution in [0.3, 0.4) is 0 Å². The molecule has 0 aromatic carbocycles. The summed E-state index contributed by atoms with van der Waals surface area (Å²) in [5.74, 6) is 1.63. The zero-order valence-electron chi connectivity index (χ0n) is 11.6. The third kappa shape index (κ3) is 1.90. The van der Waals surface area contributed by atoms with E-state index in [9.17, 15) is 0 Å². The van der Waals surface area contributed by atoms with E-state index in [0.29, 0.717) is 31.6 Å². The summed E-state index contributed by atoms with van der Waals surface area (Å²) >= 11 is 0. The lowest BCUT2D eigenvalue weighted by atomic mass is 9.84. The number of hydrogen-bond donors (Lipinski definition) is 0. The van der Waals surface area contributed by atoms with Gasteiger partial charge in [-0.25, -0.2) is 0 Å². The van der Waals surface area contributed by atoms with Crippen LogP contribution in [0.15, 0.2) is 0 Å². The van der Waals surface area contributed by atoms with E-state index in [2.05, 4.69) is 11.8 Å². The van der Waals surface area contributed by atoms with E-state index in [-0.39, 0.29) is 0 Å². The monoisotopic (exact) mass is 255 g/mol. The molecule has 3 aliphatic rings. The van der Waals surface area contributed by atoms with Crippen molar-refractivity contribution in [1.29, 1.82) is 0 Å². The maximum atomic E-state index is 5.96. The standard InChI is InChI=1S/C14H25NO3/c1-14-11-3-4-12(14)13(9-15(14)6-5-11)18-10-17-8-7-16-2/h11-13H,3-10H2,1-2H3/t11-,12+,13-,14+/m0/s1. The van der Waals surface area contributed by atoms with Crippen molar-refractivity contribution in [2.24, 2.45) is 11.8 Å². The summed E-state index contributed by atoms with van der Waals surface area (Å²) in [6, 6.07) is 0. The highest BCUT2D eigenvalue weighted by molar-refractivity contribution is 5.14. The van der Waals surface area contributed by atoms with Crippen LogP contribution in [0.4, 0.5) is 0 Å². The van der Waals surface area contributed by atoms with Gasteiger partial charge in [-0.15, -0.1) is 0 Å². The van der Waals surface area contributed by atoms with Crippen LogP contribution in [0.2, 0.25) is 0 Å². The molecular formula is C14H25NO3. The van der Waals surface area contributed by atoms with Gasteiger partial charge in [0.1, 0.15) is 6.79 Å². The lowest BCUT2D eigenvalue weighted by Crippen LogP contribution is -2.41. The minimum absolute atomic E-state index is 0.378. The van der Waals surface area contributed by atoms with Gasteiger partial charge in [0.2, 0.25) is 0 Å². The van der Waals surface area contributed by atoms with Crippen molar-refractivity contribution in [2.75, 3.05) is 40.2 Å². The number of hydrogen-bond acceptors (Lipinski definition) is 4. The summed E-state index contributed by atoms with van der Waals surface area (Å²) in [4.78, 5) is 2.66. The number of methoxy groups -OCH3 is 1.